The van der Waals surface area contributed by atoms with E-state index in [1.165, 1.54) is 133 Å². The van der Waals surface area contributed by atoms with Crippen LogP contribution in [-0.4, -0.2) is 24.1 Å². The number of benzene rings is 1. The van der Waals surface area contributed by atoms with Crippen molar-refractivity contribution in [3.8, 4) is 0 Å². The lowest BCUT2D eigenvalue weighted by atomic mass is 10.1. The monoisotopic (exact) mass is 599 g/mol. The molecule has 6 heteroatoms. The first-order chi connectivity index (χ1) is 20.8. The quantitative estimate of drug-likeness (QED) is 0.0364. The van der Waals surface area contributed by atoms with Crippen molar-refractivity contribution in [1.82, 2.24) is 0 Å². The Bertz CT molecular complexity index is 885. The summed E-state index contributed by atoms with van der Waals surface area (Å²) in [7, 11) is 0. The largest absolute Gasteiger partial charge is 0.372 e. The highest BCUT2D eigenvalue weighted by Crippen LogP contribution is 2.20. The SMILES string of the molecule is CCCCCCCCCCN(CCCCCCCCCC)c1ccc(C=Cc2cc[n+](CCCSOOO)cc2)cc1. The van der Waals surface area contributed by atoms with Gasteiger partial charge in [-0.05, 0) is 36.1 Å². The molecule has 5 nitrogen and oxygen atoms in total. The average Bonchev–Trinajstić information content (AvgIpc) is 3.02. The molecule has 0 fully saturated rings. The van der Waals surface area contributed by atoms with Crippen LogP contribution in [0.15, 0.2) is 48.8 Å². The summed E-state index contributed by atoms with van der Waals surface area (Å²) >= 11 is 1.10. The summed E-state index contributed by atoms with van der Waals surface area (Å²) in [6.07, 6.45) is 31.4. The lowest BCUT2D eigenvalue weighted by Crippen LogP contribution is -2.32. The van der Waals surface area contributed by atoms with Crippen LogP contribution in [0.1, 0.15) is 134 Å². The van der Waals surface area contributed by atoms with Crippen molar-refractivity contribution in [3.63, 3.8) is 0 Å². The van der Waals surface area contributed by atoms with Crippen molar-refractivity contribution in [2.75, 3.05) is 23.7 Å². The molecule has 1 aromatic carbocycles. The predicted molar refractivity (Wildman–Crippen MR) is 181 cm³/mol. The predicted octanol–water partition coefficient (Wildman–Crippen LogP) is 10.7. The third-order valence-corrected chi connectivity index (χ3v) is 8.54. The highest BCUT2D eigenvalue weighted by molar-refractivity contribution is 7.94. The molecule has 0 unspecified atom stereocenters. The van der Waals surface area contributed by atoms with E-state index in [0.29, 0.717) is 0 Å². The number of rotatable bonds is 27. The first-order valence-corrected chi connectivity index (χ1v) is 17.8. The summed E-state index contributed by atoms with van der Waals surface area (Å²) < 4.78 is 6.57. The molecule has 42 heavy (non-hydrogen) atoms. The molecule has 0 bridgehead atoms. The Morgan fingerprint density at radius 2 is 1.12 bits per heavy atom. The Labute approximate surface area is 261 Å². The van der Waals surface area contributed by atoms with Crippen LogP contribution in [0.5, 0.6) is 0 Å². The molecule has 0 saturated heterocycles. The minimum absolute atomic E-state index is 0.751. The number of hydrogen-bond acceptors (Lipinski definition) is 5. The third-order valence-electron chi connectivity index (χ3n) is 7.93. The summed E-state index contributed by atoms with van der Waals surface area (Å²) in [5.74, 6) is 0.751. The van der Waals surface area contributed by atoms with Crippen molar-refractivity contribution in [1.29, 1.82) is 0 Å². The summed E-state index contributed by atoms with van der Waals surface area (Å²) in [5, 5.41) is 11.8. The topological polar surface area (TPSA) is 45.8 Å². The van der Waals surface area contributed by atoms with Crippen LogP contribution in [0.3, 0.4) is 0 Å². The first-order valence-electron chi connectivity index (χ1n) is 16.9. The van der Waals surface area contributed by atoms with E-state index in [1.807, 2.05) is 0 Å². The van der Waals surface area contributed by atoms with E-state index in [4.69, 9.17) is 5.26 Å². The minimum Gasteiger partial charge on any atom is -0.372 e. The molecule has 2 aromatic rings. The van der Waals surface area contributed by atoms with E-state index in [1.54, 1.807) is 0 Å². The smallest absolute Gasteiger partial charge is 0.169 e. The Hall–Kier alpha value is -1.86. The lowest BCUT2D eigenvalue weighted by Gasteiger charge is -2.25. The molecular weight excluding hydrogens is 540 g/mol. The van der Waals surface area contributed by atoms with Gasteiger partial charge in [0.1, 0.15) is 6.54 Å². The highest BCUT2D eigenvalue weighted by Gasteiger charge is 2.07. The van der Waals surface area contributed by atoms with Crippen LogP contribution >= 0.6 is 12.0 Å². The van der Waals surface area contributed by atoms with E-state index in [-0.39, 0.29) is 0 Å². The zero-order chi connectivity index (χ0) is 29.9. The van der Waals surface area contributed by atoms with E-state index >= 15 is 0 Å². The Kier molecular flexibility index (Phi) is 22.2. The van der Waals surface area contributed by atoms with E-state index in [0.717, 1.165) is 30.8 Å². The van der Waals surface area contributed by atoms with Crippen LogP contribution in [0, 0.1) is 0 Å². The molecule has 0 atom stereocenters. The van der Waals surface area contributed by atoms with Gasteiger partial charge in [0.2, 0.25) is 0 Å². The summed E-state index contributed by atoms with van der Waals surface area (Å²) in [6.45, 7) is 7.82. The third kappa shape index (κ3) is 17.9. The fourth-order valence-electron chi connectivity index (χ4n) is 5.32. The van der Waals surface area contributed by atoms with Gasteiger partial charge < -0.3 is 4.90 Å². The van der Waals surface area contributed by atoms with Crippen LogP contribution in [0.4, 0.5) is 5.69 Å². The fourth-order valence-corrected chi connectivity index (χ4v) is 5.68. The molecule has 236 valence electrons. The highest BCUT2D eigenvalue weighted by atomic mass is 32.2. The van der Waals surface area contributed by atoms with Crippen molar-refractivity contribution >= 4 is 29.9 Å². The second kappa shape index (κ2) is 25.6. The van der Waals surface area contributed by atoms with Crippen LogP contribution in [-0.2, 0) is 15.9 Å². The Morgan fingerprint density at radius 3 is 1.62 bits per heavy atom. The van der Waals surface area contributed by atoms with Crippen molar-refractivity contribution < 1.29 is 19.2 Å². The number of aryl methyl sites for hydroxylation is 1. The number of pyridine rings is 1. The van der Waals surface area contributed by atoms with Gasteiger partial charge in [0.15, 0.2) is 12.4 Å². The molecule has 0 aliphatic carbocycles. The van der Waals surface area contributed by atoms with E-state index in [2.05, 4.69) is 93.6 Å². The zero-order valence-corrected chi connectivity index (χ0v) is 27.5. The van der Waals surface area contributed by atoms with Crippen LogP contribution in [0.2, 0.25) is 0 Å². The molecule has 2 rings (SSSR count). The molecular formula is C36H59N2O3S+. The van der Waals surface area contributed by atoms with Gasteiger partial charge in [0, 0.05) is 55.1 Å². The number of anilines is 1. The van der Waals surface area contributed by atoms with Crippen LogP contribution in [0.25, 0.3) is 12.2 Å². The van der Waals surface area contributed by atoms with Gasteiger partial charge in [-0.1, -0.05) is 133 Å². The maximum absolute atomic E-state index is 8.17. The molecule has 1 heterocycles. The molecule has 1 N–H and O–H groups in total. The Morgan fingerprint density at radius 1 is 0.643 bits per heavy atom. The summed E-state index contributed by atoms with van der Waals surface area (Å²) in [5.41, 5.74) is 3.79. The molecule has 0 aliphatic rings. The van der Waals surface area contributed by atoms with Crippen LogP contribution < -0.4 is 9.47 Å². The molecule has 0 amide bonds. The number of hydrogen-bond donors (Lipinski definition) is 1. The lowest BCUT2D eigenvalue weighted by molar-refractivity contribution is -0.696. The van der Waals surface area contributed by atoms with Gasteiger partial charge in [0.25, 0.3) is 0 Å². The van der Waals surface area contributed by atoms with Crippen molar-refractivity contribution in [3.05, 3.63) is 59.9 Å². The number of unbranched alkanes of at least 4 members (excludes halogenated alkanes) is 14. The summed E-state index contributed by atoms with van der Waals surface area (Å²) in [4.78, 5) is 2.64. The van der Waals surface area contributed by atoms with Gasteiger partial charge in [0.05, 0.1) is 0 Å². The van der Waals surface area contributed by atoms with E-state index in [9.17, 15) is 0 Å². The zero-order valence-electron chi connectivity index (χ0n) is 26.7. The second-order valence-electron chi connectivity index (χ2n) is 11.5. The van der Waals surface area contributed by atoms with Gasteiger partial charge >= 0.3 is 0 Å². The fraction of sp³-hybridized carbons (Fsp3) is 0.639. The van der Waals surface area contributed by atoms with Gasteiger partial charge in [-0.3, -0.25) is 0 Å². The molecule has 0 radical (unpaired) electrons. The molecule has 0 aliphatic heterocycles. The van der Waals surface area contributed by atoms with Crippen molar-refractivity contribution in [2.24, 2.45) is 0 Å². The Balaban J connectivity index is 1.82. The average molecular weight is 600 g/mol. The minimum atomic E-state index is 0.751. The molecule has 0 saturated carbocycles. The standard InChI is InChI=1S/C36H58N2O3S/c1-3-5-7-9-11-13-15-17-29-38(30-18-16-14-12-10-8-6-4-2)36-24-22-34(23-25-36)20-21-35-26-31-37(32-27-35)28-19-33-42-41-40-39/h20-27,31-32H,3-19,28-30,33H2,1-2H3/p+1. The first kappa shape index (κ1) is 36.3. The summed E-state index contributed by atoms with van der Waals surface area (Å²) in [6, 6.07) is 13.4. The molecule has 1 aromatic heterocycles. The maximum Gasteiger partial charge on any atom is 0.169 e. The number of nitrogens with zero attached hydrogens (tertiary/aromatic N) is 2. The normalized spacial score (nSPS) is 11.5. The van der Waals surface area contributed by atoms with Crippen molar-refractivity contribution in [2.45, 2.75) is 130 Å². The van der Waals surface area contributed by atoms with Gasteiger partial charge in [-0.2, -0.15) is 0 Å². The maximum atomic E-state index is 8.17. The van der Waals surface area contributed by atoms with Gasteiger partial charge in [-0.25, -0.2) is 9.82 Å². The molecule has 0 spiro atoms. The van der Waals surface area contributed by atoms with E-state index < -0.39 is 0 Å². The van der Waals surface area contributed by atoms with Gasteiger partial charge in [-0.15, -0.1) is 4.33 Å². The number of aromatic nitrogens is 1. The second-order valence-corrected chi connectivity index (χ2v) is 12.3.